The van der Waals surface area contributed by atoms with E-state index in [1.807, 2.05) is 0 Å². The lowest BCUT2D eigenvalue weighted by molar-refractivity contribution is 0.0551. The van der Waals surface area contributed by atoms with Gasteiger partial charge >= 0.3 is 0 Å². The first kappa shape index (κ1) is 26.5. The van der Waals surface area contributed by atoms with Crippen LogP contribution >= 0.6 is 35.5 Å². The summed E-state index contributed by atoms with van der Waals surface area (Å²) >= 11 is 8.99. The van der Waals surface area contributed by atoms with E-state index in [-0.39, 0.29) is 10.9 Å². The van der Waals surface area contributed by atoms with Gasteiger partial charge in [-0.2, -0.15) is 5.10 Å². The molecule has 0 unspecified atom stereocenters. The minimum atomic E-state index is -2.23. The number of nitrogens with zero attached hydrogens (tertiary/aromatic N) is 4. The van der Waals surface area contributed by atoms with Crippen molar-refractivity contribution in [3.05, 3.63) is 22.2 Å². The zero-order valence-corrected chi connectivity index (χ0v) is 22.9. The molecule has 0 saturated carbocycles. The van der Waals surface area contributed by atoms with Gasteiger partial charge in [0.1, 0.15) is 7.36 Å². The highest BCUT2D eigenvalue weighted by molar-refractivity contribution is 9.10. The van der Waals surface area contributed by atoms with Crippen molar-refractivity contribution in [3.8, 4) is 11.5 Å². The number of rotatable bonds is 5. The minimum Gasteiger partial charge on any atom is -0.503 e. The molecular weight excluding hydrogens is 529 g/mol. The number of benzene rings is 1. The van der Waals surface area contributed by atoms with Gasteiger partial charge in [0.05, 0.1) is 44.2 Å². The molecule has 2 saturated heterocycles. The molecule has 0 amide bonds. The summed E-state index contributed by atoms with van der Waals surface area (Å²) in [5.41, 5.74) is 3.68. The van der Waals surface area contributed by atoms with Crippen LogP contribution < -0.4 is 10.2 Å². The molecule has 0 atom stereocenters. The van der Waals surface area contributed by atoms with Crippen LogP contribution in [0.5, 0.6) is 11.5 Å². The van der Waals surface area contributed by atoms with Crippen LogP contribution in [0.25, 0.3) is 0 Å². The van der Waals surface area contributed by atoms with Gasteiger partial charge in [0.15, 0.2) is 11.5 Å². The van der Waals surface area contributed by atoms with Crippen molar-refractivity contribution in [2.75, 3.05) is 59.7 Å². The van der Waals surface area contributed by atoms with E-state index in [1.165, 1.54) is 7.11 Å². The van der Waals surface area contributed by atoms with E-state index in [1.54, 1.807) is 18.3 Å². The van der Waals surface area contributed by atoms with Gasteiger partial charge < -0.3 is 19.3 Å². The molecule has 0 bridgehead atoms. The van der Waals surface area contributed by atoms with Crippen LogP contribution in [0.3, 0.4) is 0 Å². The third kappa shape index (κ3) is 6.14. The summed E-state index contributed by atoms with van der Waals surface area (Å²) in [6.45, 7) is 12.7. The lowest BCUT2D eigenvalue weighted by atomic mass is 10.2. The fraction of sp³-hybridized carbons (Fsp3) is 0.619. The van der Waals surface area contributed by atoms with Crippen molar-refractivity contribution in [1.29, 1.82) is 0 Å². The normalized spacial score (nSPS) is 18.9. The van der Waals surface area contributed by atoms with Crippen molar-refractivity contribution in [2.45, 2.75) is 25.9 Å². The Morgan fingerprint density at radius 3 is 2.18 bits per heavy atom. The van der Waals surface area contributed by atoms with Gasteiger partial charge in [-0.05, 0) is 45.8 Å². The van der Waals surface area contributed by atoms with E-state index in [4.69, 9.17) is 31.2 Å². The highest BCUT2D eigenvalue weighted by Gasteiger charge is 2.45. The second-order valence-electron chi connectivity index (χ2n) is 8.70. The predicted octanol–water partition coefficient (Wildman–Crippen LogP) is 3.87. The lowest BCUT2D eigenvalue weighted by Gasteiger charge is -2.52. The number of phenolic OH excluding ortho intramolecular Hbond substituents is 1. The minimum absolute atomic E-state index is 0.0453. The summed E-state index contributed by atoms with van der Waals surface area (Å²) in [6, 6.07) is 3.44. The molecule has 9 nitrogen and oxygen atoms in total. The van der Waals surface area contributed by atoms with Crippen molar-refractivity contribution in [2.24, 2.45) is 9.85 Å². The molecule has 3 rings (SSSR count). The summed E-state index contributed by atoms with van der Waals surface area (Å²) in [5.74, 6) is 0.402. The van der Waals surface area contributed by atoms with Gasteiger partial charge in [-0.1, -0.05) is 20.8 Å². The Morgan fingerprint density at radius 2 is 1.70 bits per heavy atom. The first-order valence-electron chi connectivity index (χ1n) is 10.9. The molecular formula is C21H33BrN5O4PS. The number of ether oxygens (including phenoxy) is 3. The predicted molar refractivity (Wildman–Crippen MR) is 140 cm³/mol. The quantitative estimate of drug-likeness (QED) is 0.242. The summed E-state index contributed by atoms with van der Waals surface area (Å²) in [5, 5.41) is 14.5. The molecule has 184 valence electrons. The second-order valence-corrected chi connectivity index (χ2v) is 13.8. The number of methoxy groups -OCH3 is 1. The number of nitrogens with one attached hydrogen (secondary N) is 1. The SMILES string of the molecule is COc1cc(/C=N\NC(=S)N=P(N2CCOCC2)(N2CCOCC2)C(C)(C)C)cc(Br)c1O. The largest absolute Gasteiger partial charge is 0.503 e. The fourth-order valence-corrected chi connectivity index (χ4v) is 9.31. The van der Waals surface area contributed by atoms with Crippen molar-refractivity contribution in [3.63, 3.8) is 0 Å². The second kappa shape index (κ2) is 11.6. The molecule has 2 heterocycles. The number of halogens is 1. The van der Waals surface area contributed by atoms with Crippen LogP contribution in [-0.2, 0) is 9.47 Å². The van der Waals surface area contributed by atoms with E-state index >= 15 is 0 Å². The van der Waals surface area contributed by atoms with E-state index in [2.05, 4.69) is 56.6 Å². The first-order valence-corrected chi connectivity index (χ1v) is 13.7. The fourth-order valence-electron chi connectivity index (χ4n) is 4.10. The molecule has 0 aromatic heterocycles. The molecule has 1 aromatic carbocycles. The first-order chi connectivity index (χ1) is 15.7. The zero-order chi connectivity index (χ0) is 24.1. The maximum atomic E-state index is 10.00. The standard InChI is InChI=1S/C21H33BrN5O4PS/c1-21(2,3)32(26-5-9-30-10-6-26,27-7-11-31-12-8-27)25-20(33)24-23-15-16-13-17(22)19(28)18(14-16)29-4/h13-15,28H,5-12H2,1-4H3,(H,24,33)/b23-15-. The number of hydrogen-bond acceptors (Lipinski definition) is 6. The maximum absolute atomic E-state index is 10.00. The van der Waals surface area contributed by atoms with Crippen LogP contribution in [0.4, 0.5) is 0 Å². The zero-order valence-electron chi connectivity index (χ0n) is 19.6. The van der Waals surface area contributed by atoms with Crippen LogP contribution in [0.15, 0.2) is 26.5 Å². The number of morpholine rings is 2. The molecule has 2 fully saturated rings. The third-order valence-electron chi connectivity index (χ3n) is 5.54. The number of hydrogen-bond donors (Lipinski definition) is 2. The van der Waals surface area contributed by atoms with Crippen LogP contribution in [-0.4, -0.2) is 90.6 Å². The number of hydrazone groups is 1. The van der Waals surface area contributed by atoms with Crippen molar-refractivity contribution in [1.82, 2.24) is 14.8 Å². The van der Waals surface area contributed by atoms with Gasteiger partial charge in [0.2, 0.25) is 5.11 Å². The highest BCUT2D eigenvalue weighted by Crippen LogP contribution is 2.66. The van der Waals surface area contributed by atoms with E-state index in [0.29, 0.717) is 41.8 Å². The highest BCUT2D eigenvalue weighted by atomic mass is 79.9. The van der Waals surface area contributed by atoms with Gasteiger partial charge in [-0.3, -0.25) is 14.8 Å². The van der Waals surface area contributed by atoms with E-state index in [0.717, 1.165) is 31.7 Å². The van der Waals surface area contributed by atoms with E-state index in [9.17, 15) is 5.11 Å². The summed E-state index contributed by atoms with van der Waals surface area (Å²) in [6.07, 6.45) is 1.62. The van der Waals surface area contributed by atoms with Gasteiger partial charge in [-0.25, -0.2) is 4.74 Å². The number of thiocarbonyl (C=S) groups is 1. The third-order valence-corrected chi connectivity index (χ3v) is 11.1. The van der Waals surface area contributed by atoms with Crippen LogP contribution in [0.2, 0.25) is 0 Å². The van der Waals surface area contributed by atoms with Gasteiger partial charge in [0, 0.05) is 31.3 Å². The Labute approximate surface area is 209 Å². The molecule has 12 heteroatoms. The molecule has 2 aliphatic heterocycles. The molecule has 0 radical (unpaired) electrons. The van der Waals surface area contributed by atoms with E-state index < -0.39 is 7.36 Å². The van der Waals surface area contributed by atoms with Gasteiger partial charge in [0.25, 0.3) is 0 Å². The smallest absolute Gasteiger partial charge is 0.214 e. The Bertz CT molecular complexity index is 906. The molecule has 0 aliphatic carbocycles. The van der Waals surface area contributed by atoms with Crippen LogP contribution in [0, 0.1) is 0 Å². The Kier molecular flexibility index (Phi) is 9.31. The maximum Gasteiger partial charge on any atom is 0.214 e. The Balaban J connectivity index is 1.90. The van der Waals surface area contributed by atoms with Crippen LogP contribution in [0.1, 0.15) is 26.3 Å². The van der Waals surface area contributed by atoms with Crippen molar-refractivity contribution >= 4 is 46.8 Å². The number of phenols is 1. The Morgan fingerprint density at radius 1 is 1.15 bits per heavy atom. The lowest BCUT2D eigenvalue weighted by Crippen LogP contribution is -2.48. The topological polar surface area (TPSA) is 91.2 Å². The molecule has 2 aliphatic rings. The average molecular weight is 562 g/mol. The molecule has 2 N–H and O–H groups in total. The molecule has 1 aromatic rings. The van der Waals surface area contributed by atoms with Crippen molar-refractivity contribution < 1.29 is 19.3 Å². The average Bonchev–Trinajstić information content (AvgIpc) is 2.80. The summed E-state index contributed by atoms with van der Waals surface area (Å²) in [7, 11) is -0.731. The summed E-state index contributed by atoms with van der Waals surface area (Å²) in [4.78, 5) is 0. The molecule has 0 spiro atoms. The Hall–Kier alpha value is -1.07. The summed E-state index contributed by atoms with van der Waals surface area (Å²) < 4.78 is 27.2. The molecule has 33 heavy (non-hydrogen) atoms. The monoisotopic (exact) mass is 561 g/mol. The van der Waals surface area contributed by atoms with Gasteiger partial charge in [-0.15, -0.1) is 0 Å². The number of aromatic hydroxyl groups is 1.